The Morgan fingerprint density at radius 2 is 2.08 bits per heavy atom. The number of aromatic nitrogens is 1. The number of nitrogens with one attached hydrogen (secondary N) is 2. The molecule has 0 saturated heterocycles. The van der Waals surface area contributed by atoms with E-state index in [2.05, 4.69) is 20.6 Å². The number of halogens is 2. The molecule has 2 rings (SSSR count). The van der Waals surface area contributed by atoms with Crippen molar-refractivity contribution in [3.63, 3.8) is 0 Å². The van der Waals surface area contributed by atoms with Crippen molar-refractivity contribution in [2.75, 3.05) is 19.8 Å². The quantitative estimate of drug-likeness (QED) is 0.437. The summed E-state index contributed by atoms with van der Waals surface area (Å²) in [6.45, 7) is 1.32. The Balaban J connectivity index is 1.85. The SMILES string of the molecule is CN=C(NCCc1ccc(Cl)nc1)NCc1ccc(F)cc1CSC. The molecular weight excluding hydrogens is 359 g/mol. The van der Waals surface area contributed by atoms with Gasteiger partial charge in [-0.25, -0.2) is 9.37 Å². The largest absolute Gasteiger partial charge is 0.356 e. The Bertz CT molecular complexity index is 707. The third-order valence-electron chi connectivity index (χ3n) is 3.63. The number of pyridine rings is 1. The third-order valence-corrected chi connectivity index (χ3v) is 4.46. The van der Waals surface area contributed by atoms with Gasteiger partial charge in [0.2, 0.25) is 0 Å². The van der Waals surface area contributed by atoms with Crippen LogP contribution in [0.1, 0.15) is 16.7 Å². The molecule has 0 bridgehead atoms. The molecule has 0 aliphatic carbocycles. The number of rotatable bonds is 7. The monoisotopic (exact) mass is 380 g/mol. The summed E-state index contributed by atoms with van der Waals surface area (Å²) in [6, 6.07) is 8.65. The second kappa shape index (κ2) is 10.3. The highest BCUT2D eigenvalue weighted by atomic mass is 35.5. The molecule has 4 nitrogen and oxygen atoms in total. The fourth-order valence-corrected chi connectivity index (χ4v) is 3.03. The van der Waals surface area contributed by atoms with Crippen LogP contribution in [0.3, 0.4) is 0 Å². The van der Waals surface area contributed by atoms with Gasteiger partial charge in [-0.2, -0.15) is 11.8 Å². The summed E-state index contributed by atoms with van der Waals surface area (Å²) in [5, 5.41) is 7.03. The second-order valence-corrected chi connectivity index (χ2v) is 6.69. The molecule has 7 heteroatoms. The fraction of sp³-hybridized carbons (Fsp3) is 0.333. The summed E-state index contributed by atoms with van der Waals surface area (Å²) < 4.78 is 13.4. The molecule has 134 valence electrons. The summed E-state index contributed by atoms with van der Waals surface area (Å²) in [5.41, 5.74) is 3.18. The van der Waals surface area contributed by atoms with Gasteiger partial charge in [-0.1, -0.05) is 23.7 Å². The Morgan fingerprint density at radius 3 is 2.76 bits per heavy atom. The number of aliphatic imine (C=N–C) groups is 1. The first-order valence-corrected chi connectivity index (χ1v) is 9.70. The lowest BCUT2D eigenvalue weighted by atomic mass is 10.1. The van der Waals surface area contributed by atoms with Crippen LogP contribution in [-0.4, -0.2) is 30.8 Å². The van der Waals surface area contributed by atoms with Crippen LogP contribution in [-0.2, 0) is 18.7 Å². The molecule has 25 heavy (non-hydrogen) atoms. The maximum absolute atomic E-state index is 13.4. The van der Waals surface area contributed by atoms with Crippen molar-refractivity contribution in [2.24, 2.45) is 4.99 Å². The van der Waals surface area contributed by atoms with E-state index in [9.17, 15) is 4.39 Å². The highest BCUT2D eigenvalue weighted by Gasteiger charge is 2.05. The smallest absolute Gasteiger partial charge is 0.191 e. The van der Waals surface area contributed by atoms with E-state index in [1.54, 1.807) is 37.1 Å². The lowest BCUT2D eigenvalue weighted by Gasteiger charge is -2.14. The third kappa shape index (κ3) is 6.55. The molecule has 2 N–H and O–H groups in total. The van der Waals surface area contributed by atoms with Crippen LogP contribution in [0.25, 0.3) is 0 Å². The molecule has 0 aliphatic rings. The van der Waals surface area contributed by atoms with Crippen LogP contribution in [0.4, 0.5) is 4.39 Å². The number of guanidine groups is 1. The Morgan fingerprint density at radius 1 is 1.24 bits per heavy atom. The zero-order chi connectivity index (χ0) is 18.1. The van der Waals surface area contributed by atoms with Gasteiger partial charge in [-0.15, -0.1) is 0 Å². The fourth-order valence-electron chi connectivity index (χ4n) is 2.34. The van der Waals surface area contributed by atoms with Crippen molar-refractivity contribution < 1.29 is 4.39 Å². The molecule has 0 radical (unpaired) electrons. The summed E-state index contributed by atoms with van der Waals surface area (Å²) >= 11 is 7.46. The molecule has 0 spiro atoms. The molecular formula is C18H22ClFN4S. The average molecular weight is 381 g/mol. The highest BCUT2D eigenvalue weighted by Crippen LogP contribution is 2.16. The Labute approximate surface area is 157 Å². The summed E-state index contributed by atoms with van der Waals surface area (Å²) in [7, 11) is 1.73. The molecule has 2 aromatic rings. The standard InChI is InChI=1S/C18H22ClFN4S/c1-21-18(22-8-7-13-3-6-17(19)23-10-13)24-11-14-4-5-16(20)9-15(14)12-25-2/h3-6,9-10H,7-8,11-12H2,1-2H3,(H2,21,22,24). The van der Waals surface area contributed by atoms with E-state index in [-0.39, 0.29) is 5.82 Å². The van der Waals surface area contributed by atoms with Gasteiger partial charge in [0.1, 0.15) is 11.0 Å². The van der Waals surface area contributed by atoms with Crippen molar-refractivity contribution in [1.29, 1.82) is 0 Å². The van der Waals surface area contributed by atoms with Crippen molar-refractivity contribution >= 4 is 29.3 Å². The van der Waals surface area contributed by atoms with Gasteiger partial charge in [0, 0.05) is 32.1 Å². The first-order chi connectivity index (χ1) is 12.1. The molecule has 0 atom stereocenters. The number of benzene rings is 1. The first-order valence-electron chi connectivity index (χ1n) is 7.93. The van der Waals surface area contributed by atoms with E-state index in [1.807, 2.05) is 18.4 Å². The van der Waals surface area contributed by atoms with E-state index in [4.69, 9.17) is 11.6 Å². The van der Waals surface area contributed by atoms with Gasteiger partial charge in [0.05, 0.1) is 0 Å². The molecule has 1 aromatic heterocycles. The summed E-state index contributed by atoms with van der Waals surface area (Å²) in [6.07, 6.45) is 4.60. The van der Waals surface area contributed by atoms with E-state index in [0.717, 1.165) is 35.4 Å². The maximum atomic E-state index is 13.4. The predicted molar refractivity (Wildman–Crippen MR) is 105 cm³/mol. The van der Waals surface area contributed by atoms with E-state index >= 15 is 0 Å². The van der Waals surface area contributed by atoms with E-state index < -0.39 is 0 Å². The van der Waals surface area contributed by atoms with Crippen LogP contribution in [0.5, 0.6) is 0 Å². The number of hydrogen-bond acceptors (Lipinski definition) is 3. The zero-order valence-corrected chi connectivity index (χ0v) is 15.9. The van der Waals surface area contributed by atoms with Crippen molar-refractivity contribution in [1.82, 2.24) is 15.6 Å². The van der Waals surface area contributed by atoms with Crippen LogP contribution in [0.2, 0.25) is 5.15 Å². The van der Waals surface area contributed by atoms with Gasteiger partial charge >= 0.3 is 0 Å². The minimum atomic E-state index is -0.202. The minimum Gasteiger partial charge on any atom is -0.356 e. The van der Waals surface area contributed by atoms with Crippen molar-refractivity contribution in [2.45, 2.75) is 18.7 Å². The zero-order valence-electron chi connectivity index (χ0n) is 14.4. The van der Waals surface area contributed by atoms with Crippen LogP contribution >= 0.6 is 23.4 Å². The predicted octanol–water partition coefficient (Wildman–Crippen LogP) is 3.64. The normalized spacial score (nSPS) is 11.4. The average Bonchev–Trinajstić information content (AvgIpc) is 2.61. The van der Waals surface area contributed by atoms with E-state index in [1.165, 1.54) is 6.07 Å². The van der Waals surface area contributed by atoms with Crippen molar-refractivity contribution in [3.05, 3.63) is 64.2 Å². The number of hydrogen-bond donors (Lipinski definition) is 2. The summed E-state index contributed by atoms with van der Waals surface area (Å²) in [5.74, 6) is 1.29. The highest BCUT2D eigenvalue weighted by molar-refractivity contribution is 7.97. The summed E-state index contributed by atoms with van der Waals surface area (Å²) in [4.78, 5) is 8.29. The number of thioether (sulfide) groups is 1. The Kier molecular flexibility index (Phi) is 8.01. The van der Waals surface area contributed by atoms with Crippen LogP contribution in [0.15, 0.2) is 41.5 Å². The van der Waals surface area contributed by atoms with Gasteiger partial charge in [0.15, 0.2) is 5.96 Å². The molecule has 0 saturated carbocycles. The topological polar surface area (TPSA) is 49.3 Å². The van der Waals surface area contributed by atoms with E-state index in [0.29, 0.717) is 17.7 Å². The lowest BCUT2D eigenvalue weighted by Crippen LogP contribution is -2.38. The number of nitrogens with zero attached hydrogens (tertiary/aromatic N) is 2. The van der Waals surface area contributed by atoms with Gasteiger partial charge < -0.3 is 10.6 Å². The van der Waals surface area contributed by atoms with Gasteiger partial charge in [0.25, 0.3) is 0 Å². The Hall–Kier alpha value is -1.79. The van der Waals surface area contributed by atoms with Crippen LogP contribution in [0, 0.1) is 5.82 Å². The molecule has 0 amide bonds. The molecule has 0 fully saturated rings. The first kappa shape index (κ1) is 19.5. The van der Waals surface area contributed by atoms with Gasteiger partial charge in [-0.05, 0) is 47.6 Å². The van der Waals surface area contributed by atoms with Crippen molar-refractivity contribution in [3.8, 4) is 0 Å². The molecule has 0 unspecified atom stereocenters. The van der Waals surface area contributed by atoms with Gasteiger partial charge in [-0.3, -0.25) is 4.99 Å². The minimum absolute atomic E-state index is 0.202. The second-order valence-electron chi connectivity index (χ2n) is 5.44. The lowest BCUT2D eigenvalue weighted by molar-refractivity contribution is 0.625. The molecule has 1 heterocycles. The molecule has 0 aliphatic heterocycles. The van der Waals surface area contributed by atoms with Crippen LogP contribution < -0.4 is 10.6 Å². The molecule has 1 aromatic carbocycles. The maximum Gasteiger partial charge on any atom is 0.191 e.